The Morgan fingerprint density at radius 1 is 0.828 bits per heavy atom. The van der Waals surface area contributed by atoms with Crippen molar-refractivity contribution in [3.63, 3.8) is 0 Å². The lowest BCUT2D eigenvalue weighted by Gasteiger charge is -2.19. The Bertz CT molecular complexity index is 1060. The summed E-state index contributed by atoms with van der Waals surface area (Å²) in [6.45, 7) is 3.84. The van der Waals surface area contributed by atoms with E-state index in [-0.39, 0.29) is 11.3 Å². The predicted octanol–water partition coefficient (Wildman–Crippen LogP) is 3.83. The molecule has 3 rings (SSSR count). The summed E-state index contributed by atoms with van der Waals surface area (Å²) < 4.78 is 28.3. The fourth-order valence-electron chi connectivity index (χ4n) is 2.88. The fraction of sp³-hybridized carbons (Fsp3) is 0.174. The lowest BCUT2D eigenvalue weighted by Crippen LogP contribution is -2.45. The molecule has 3 aromatic rings. The first kappa shape index (κ1) is 20.8. The fourth-order valence-corrected chi connectivity index (χ4v) is 4.07. The summed E-state index contributed by atoms with van der Waals surface area (Å²) in [5.41, 5.74) is 3.52. The summed E-state index contributed by atoms with van der Waals surface area (Å²) in [6, 6.07) is 22.3. The Kier molecular flexibility index (Phi) is 6.46. The number of hydrogen-bond acceptors (Lipinski definition) is 3. The summed E-state index contributed by atoms with van der Waals surface area (Å²) in [5, 5.41) is 2.81. The van der Waals surface area contributed by atoms with E-state index in [4.69, 9.17) is 0 Å². The van der Waals surface area contributed by atoms with E-state index in [2.05, 4.69) is 10.0 Å². The third-order valence-electron chi connectivity index (χ3n) is 4.55. The molecule has 0 heterocycles. The van der Waals surface area contributed by atoms with Crippen molar-refractivity contribution in [3.8, 4) is 0 Å². The Hall–Kier alpha value is -2.96. The third kappa shape index (κ3) is 5.76. The van der Waals surface area contributed by atoms with Gasteiger partial charge in [0.2, 0.25) is 15.9 Å². The first-order valence-electron chi connectivity index (χ1n) is 9.34. The van der Waals surface area contributed by atoms with Gasteiger partial charge in [-0.1, -0.05) is 65.7 Å². The summed E-state index contributed by atoms with van der Waals surface area (Å²) in [6.07, 6.45) is 0.240. The second kappa shape index (κ2) is 9.03. The molecule has 0 radical (unpaired) electrons. The molecule has 150 valence electrons. The molecule has 1 atom stereocenters. The van der Waals surface area contributed by atoms with Crippen LogP contribution in [0.1, 0.15) is 16.7 Å². The molecule has 0 unspecified atom stereocenters. The molecule has 6 heteroatoms. The molecule has 0 aromatic heterocycles. The number of nitrogens with one attached hydrogen (secondary N) is 2. The lowest BCUT2D eigenvalue weighted by atomic mass is 10.1. The largest absolute Gasteiger partial charge is 0.325 e. The normalized spacial score (nSPS) is 12.3. The van der Waals surface area contributed by atoms with Crippen LogP contribution in [0, 0.1) is 13.8 Å². The van der Waals surface area contributed by atoms with E-state index in [1.165, 1.54) is 12.1 Å². The molecule has 29 heavy (non-hydrogen) atoms. The lowest BCUT2D eigenvalue weighted by molar-refractivity contribution is -0.117. The third-order valence-corrected chi connectivity index (χ3v) is 6.03. The number of rotatable bonds is 7. The van der Waals surface area contributed by atoms with Crippen LogP contribution in [-0.2, 0) is 21.2 Å². The van der Waals surface area contributed by atoms with Gasteiger partial charge >= 0.3 is 0 Å². The van der Waals surface area contributed by atoms with E-state index in [1.54, 1.807) is 24.3 Å². The highest BCUT2D eigenvalue weighted by Gasteiger charge is 2.26. The molecule has 5 nitrogen and oxygen atoms in total. The first-order valence-corrected chi connectivity index (χ1v) is 10.8. The van der Waals surface area contributed by atoms with Crippen LogP contribution in [0.25, 0.3) is 0 Å². The predicted molar refractivity (Wildman–Crippen MR) is 115 cm³/mol. The maximum atomic E-state index is 12.9. The number of carbonyl (C=O) groups excluding carboxylic acids is 1. The van der Waals surface area contributed by atoms with Crippen molar-refractivity contribution >= 4 is 21.6 Å². The minimum Gasteiger partial charge on any atom is -0.325 e. The topological polar surface area (TPSA) is 75.3 Å². The zero-order valence-corrected chi connectivity index (χ0v) is 17.2. The molecule has 0 aliphatic carbocycles. The van der Waals surface area contributed by atoms with Crippen LogP contribution in [0.4, 0.5) is 5.69 Å². The quantitative estimate of drug-likeness (QED) is 0.624. The van der Waals surface area contributed by atoms with Gasteiger partial charge in [-0.3, -0.25) is 4.79 Å². The molecule has 0 spiro atoms. The molecule has 1 amide bonds. The van der Waals surface area contributed by atoms with Gasteiger partial charge in [-0.25, -0.2) is 8.42 Å². The number of carbonyl (C=O) groups is 1. The summed E-state index contributed by atoms with van der Waals surface area (Å²) in [4.78, 5) is 13.1. The Morgan fingerprint density at radius 2 is 1.38 bits per heavy atom. The molecular weight excluding hydrogens is 384 g/mol. The molecule has 2 N–H and O–H groups in total. The SMILES string of the molecule is Cc1ccc(NC(=O)[C@@H](Cc2ccccc2)NS(=O)(=O)c2ccc(C)cc2)cc1. The summed E-state index contributed by atoms with van der Waals surface area (Å²) in [7, 11) is -3.85. The first-order chi connectivity index (χ1) is 13.8. The Morgan fingerprint density at radius 3 is 1.97 bits per heavy atom. The number of aryl methyl sites for hydroxylation is 2. The number of hydrogen-bond donors (Lipinski definition) is 2. The van der Waals surface area contributed by atoms with E-state index in [0.29, 0.717) is 5.69 Å². The zero-order chi connectivity index (χ0) is 20.9. The maximum Gasteiger partial charge on any atom is 0.242 e. The minimum atomic E-state index is -3.85. The van der Waals surface area contributed by atoms with Crippen molar-refractivity contribution in [2.24, 2.45) is 0 Å². The van der Waals surface area contributed by atoms with Crippen LogP contribution in [0.15, 0.2) is 83.8 Å². The molecule has 0 aliphatic heterocycles. The standard InChI is InChI=1S/C23H24N2O3S/c1-17-8-12-20(13-9-17)24-23(26)22(16-19-6-4-3-5-7-19)25-29(27,28)21-14-10-18(2)11-15-21/h3-15,22,25H,16H2,1-2H3,(H,24,26)/t22-/m1/s1. The molecule has 0 bridgehead atoms. The van der Waals surface area contributed by atoms with Gasteiger partial charge in [0.15, 0.2) is 0 Å². The van der Waals surface area contributed by atoms with Gasteiger partial charge < -0.3 is 5.32 Å². The second-order valence-corrected chi connectivity index (χ2v) is 8.75. The highest BCUT2D eigenvalue weighted by Crippen LogP contribution is 2.14. The van der Waals surface area contributed by atoms with Crippen LogP contribution < -0.4 is 10.0 Å². The van der Waals surface area contributed by atoms with Crippen LogP contribution in [0.3, 0.4) is 0 Å². The molecule has 0 saturated carbocycles. The van der Waals surface area contributed by atoms with Gasteiger partial charge in [-0.05, 0) is 50.1 Å². The van der Waals surface area contributed by atoms with E-state index >= 15 is 0 Å². The van der Waals surface area contributed by atoms with Crippen LogP contribution in [-0.4, -0.2) is 20.4 Å². The van der Waals surface area contributed by atoms with Crippen LogP contribution in [0.5, 0.6) is 0 Å². The molecule has 0 aliphatic rings. The summed E-state index contributed by atoms with van der Waals surface area (Å²) in [5.74, 6) is -0.409. The minimum absolute atomic E-state index is 0.129. The molecule has 0 saturated heterocycles. The summed E-state index contributed by atoms with van der Waals surface area (Å²) >= 11 is 0. The van der Waals surface area contributed by atoms with Crippen LogP contribution in [0.2, 0.25) is 0 Å². The van der Waals surface area contributed by atoms with Crippen molar-refractivity contribution in [1.29, 1.82) is 0 Å². The molecule has 3 aromatic carbocycles. The maximum absolute atomic E-state index is 12.9. The smallest absolute Gasteiger partial charge is 0.242 e. The number of sulfonamides is 1. The Balaban J connectivity index is 1.84. The van der Waals surface area contributed by atoms with Gasteiger partial charge in [-0.15, -0.1) is 0 Å². The van der Waals surface area contributed by atoms with E-state index in [9.17, 15) is 13.2 Å². The van der Waals surface area contributed by atoms with Crippen molar-refractivity contribution < 1.29 is 13.2 Å². The van der Waals surface area contributed by atoms with E-state index in [0.717, 1.165) is 16.7 Å². The Labute approximate surface area is 171 Å². The number of amides is 1. The highest BCUT2D eigenvalue weighted by atomic mass is 32.2. The average Bonchev–Trinajstić information content (AvgIpc) is 2.70. The second-order valence-electron chi connectivity index (χ2n) is 7.03. The van der Waals surface area contributed by atoms with Crippen molar-refractivity contribution in [2.45, 2.75) is 31.2 Å². The van der Waals surface area contributed by atoms with Gasteiger partial charge in [0, 0.05) is 5.69 Å². The van der Waals surface area contributed by atoms with Crippen molar-refractivity contribution in [2.75, 3.05) is 5.32 Å². The van der Waals surface area contributed by atoms with Gasteiger partial charge in [0.05, 0.1) is 4.90 Å². The van der Waals surface area contributed by atoms with Crippen molar-refractivity contribution in [1.82, 2.24) is 4.72 Å². The van der Waals surface area contributed by atoms with E-state index in [1.807, 2.05) is 56.3 Å². The average molecular weight is 409 g/mol. The van der Waals surface area contributed by atoms with Crippen molar-refractivity contribution in [3.05, 3.63) is 95.6 Å². The van der Waals surface area contributed by atoms with E-state index < -0.39 is 22.0 Å². The molecule has 0 fully saturated rings. The highest BCUT2D eigenvalue weighted by molar-refractivity contribution is 7.89. The van der Waals surface area contributed by atoms with Gasteiger partial charge in [0.1, 0.15) is 6.04 Å². The van der Waals surface area contributed by atoms with Crippen LogP contribution >= 0.6 is 0 Å². The number of anilines is 1. The zero-order valence-electron chi connectivity index (χ0n) is 16.4. The van der Waals surface area contributed by atoms with Gasteiger partial charge in [-0.2, -0.15) is 4.72 Å². The monoisotopic (exact) mass is 408 g/mol. The van der Waals surface area contributed by atoms with Gasteiger partial charge in [0.25, 0.3) is 0 Å². The molecular formula is C23H24N2O3S. The number of benzene rings is 3.